The number of aliphatic hydroxyl groups excluding tert-OH is 1. The van der Waals surface area contributed by atoms with E-state index in [0.29, 0.717) is 9.50 Å². The van der Waals surface area contributed by atoms with Gasteiger partial charge in [0.05, 0.1) is 15.7 Å². The van der Waals surface area contributed by atoms with Gasteiger partial charge < -0.3 is 5.11 Å². The molecular weight excluding hydrogens is 328 g/mol. The summed E-state index contributed by atoms with van der Waals surface area (Å²) in [5, 5.41) is 9.46. The molecule has 96 valence electrons. The third-order valence-corrected chi connectivity index (χ3v) is 5.63. The normalized spacial score (nSPS) is 12.8. The molecule has 0 saturated carbocycles. The molecule has 1 N–H and O–H groups in total. The Labute approximate surface area is 115 Å². The molecule has 0 heterocycles. The number of sulfone groups is 1. The summed E-state index contributed by atoms with van der Waals surface area (Å²) in [6.07, 6.45) is 0. The summed E-state index contributed by atoms with van der Waals surface area (Å²) >= 11 is 9.07. The second kappa shape index (κ2) is 5.26. The zero-order valence-corrected chi connectivity index (χ0v) is 12.7. The number of rotatable bonds is 4. The minimum atomic E-state index is -3.43. The quantitative estimate of drug-likeness (QED) is 0.916. The second-order valence-electron chi connectivity index (χ2n) is 4.66. The van der Waals surface area contributed by atoms with Gasteiger partial charge >= 0.3 is 0 Å². The first-order valence-electron chi connectivity index (χ1n) is 4.97. The van der Waals surface area contributed by atoms with Crippen molar-refractivity contribution in [2.45, 2.75) is 18.7 Å². The van der Waals surface area contributed by atoms with Crippen molar-refractivity contribution in [3.63, 3.8) is 0 Å². The molecule has 0 radical (unpaired) electrons. The molecule has 0 saturated heterocycles. The predicted octanol–water partition coefficient (Wildman–Crippen LogP) is 2.89. The van der Waals surface area contributed by atoms with Gasteiger partial charge in [-0.2, -0.15) is 0 Å². The SMILES string of the molecule is CC(C)(CO)CS(=O)(=O)c1ccc(Br)c(Cl)c1. The van der Waals surface area contributed by atoms with E-state index in [4.69, 9.17) is 16.7 Å². The van der Waals surface area contributed by atoms with Crippen LogP contribution in [0.2, 0.25) is 5.02 Å². The predicted molar refractivity (Wildman–Crippen MR) is 72.1 cm³/mol. The second-order valence-corrected chi connectivity index (χ2v) is 7.91. The molecular formula is C11H14BrClO3S. The first-order valence-corrected chi connectivity index (χ1v) is 7.79. The number of hydrogen-bond donors (Lipinski definition) is 1. The van der Waals surface area contributed by atoms with Crippen LogP contribution in [-0.4, -0.2) is 25.9 Å². The highest BCUT2D eigenvalue weighted by atomic mass is 79.9. The molecule has 0 unspecified atom stereocenters. The molecule has 3 nitrogen and oxygen atoms in total. The van der Waals surface area contributed by atoms with Gasteiger partial charge in [0.1, 0.15) is 0 Å². The van der Waals surface area contributed by atoms with Crippen molar-refractivity contribution in [1.82, 2.24) is 0 Å². The van der Waals surface area contributed by atoms with E-state index in [-0.39, 0.29) is 17.3 Å². The molecule has 0 aliphatic heterocycles. The minimum absolute atomic E-state index is 0.117. The van der Waals surface area contributed by atoms with Crippen LogP contribution < -0.4 is 0 Å². The molecule has 0 atom stereocenters. The lowest BCUT2D eigenvalue weighted by molar-refractivity contribution is 0.179. The number of aliphatic hydroxyl groups is 1. The summed E-state index contributed by atoms with van der Waals surface area (Å²) in [4.78, 5) is 0.173. The van der Waals surface area contributed by atoms with Gasteiger partial charge in [0.15, 0.2) is 9.84 Å². The maximum Gasteiger partial charge on any atom is 0.179 e. The lowest BCUT2D eigenvalue weighted by Crippen LogP contribution is -2.27. The van der Waals surface area contributed by atoms with E-state index in [1.165, 1.54) is 12.1 Å². The Bertz CT molecular complexity index is 511. The van der Waals surface area contributed by atoms with Crippen LogP contribution in [0.25, 0.3) is 0 Å². The van der Waals surface area contributed by atoms with Gasteiger partial charge in [-0.1, -0.05) is 25.4 Å². The van der Waals surface area contributed by atoms with E-state index in [1.807, 2.05) is 0 Å². The molecule has 0 bridgehead atoms. The van der Waals surface area contributed by atoms with Crippen LogP contribution in [0.15, 0.2) is 27.6 Å². The zero-order chi connectivity index (χ0) is 13.3. The van der Waals surface area contributed by atoms with Crippen molar-refractivity contribution < 1.29 is 13.5 Å². The Balaban J connectivity index is 3.10. The summed E-state index contributed by atoms with van der Waals surface area (Å²) in [6, 6.07) is 4.51. The highest BCUT2D eigenvalue weighted by Crippen LogP contribution is 2.28. The van der Waals surface area contributed by atoms with E-state index in [1.54, 1.807) is 19.9 Å². The highest BCUT2D eigenvalue weighted by Gasteiger charge is 2.27. The lowest BCUT2D eigenvalue weighted by Gasteiger charge is -2.21. The van der Waals surface area contributed by atoms with Crippen LogP contribution in [0.3, 0.4) is 0 Å². The number of benzene rings is 1. The average molecular weight is 342 g/mol. The molecule has 0 aliphatic rings. The molecule has 0 aliphatic carbocycles. The van der Waals surface area contributed by atoms with Gasteiger partial charge in [0.2, 0.25) is 0 Å². The van der Waals surface area contributed by atoms with E-state index in [2.05, 4.69) is 15.9 Å². The molecule has 0 aromatic heterocycles. The van der Waals surface area contributed by atoms with Crippen LogP contribution in [0.1, 0.15) is 13.8 Å². The molecule has 1 aromatic rings. The fourth-order valence-electron chi connectivity index (χ4n) is 1.31. The van der Waals surface area contributed by atoms with Crippen molar-refractivity contribution in [1.29, 1.82) is 0 Å². The Hall–Kier alpha value is -0.100. The highest BCUT2D eigenvalue weighted by molar-refractivity contribution is 9.10. The minimum Gasteiger partial charge on any atom is -0.396 e. The van der Waals surface area contributed by atoms with Gasteiger partial charge in [-0.05, 0) is 34.1 Å². The van der Waals surface area contributed by atoms with Crippen LogP contribution in [0, 0.1) is 5.41 Å². The first-order chi connectivity index (χ1) is 7.68. The smallest absolute Gasteiger partial charge is 0.179 e. The maximum absolute atomic E-state index is 12.1. The van der Waals surface area contributed by atoms with Crippen LogP contribution in [0.4, 0.5) is 0 Å². The zero-order valence-electron chi connectivity index (χ0n) is 9.57. The molecule has 6 heteroatoms. The Morgan fingerprint density at radius 3 is 2.47 bits per heavy atom. The third-order valence-electron chi connectivity index (χ3n) is 2.26. The van der Waals surface area contributed by atoms with E-state index in [0.717, 1.165) is 0 Å². The number of hydrogen-bond acceptors (Lipinski definition) is 3. The van der Waals surface area contributed by atoms with Crippen LogP contribution >= 0.6 is 27.5 Å². The molecule has 17 heavy (non-hydrogen) atoms. The fraction of sp³-hybridized carbons (Fsp3) is 0.455. The molecule has 1 aromatic carbocycles. The van der Waals surface area contributed by atoms with E-state index < -0.39 is 15.3 Å². The Morgan fingerprint density at radius 1 is 1.41 bits per heavy atom. The van der Waals surface area contributed by atoms with Gasteiger partial charge in [-0.15, -0.1) is 0 Å². The Morgan fingerprint density at radius 2 is 2.00 bits per heavy atom. The first kappa shape index (κ1) is 15.0. The summed E-state index contributed by atoms with van der Waals surface area (Å²) in [5.41, 5.74) is -0.668. The lowest BCUT2D eigenvalue weighted by atomic mass is 9.98. The van der Waals surface area contributed by atoms with Crippen molar-refractivity contribution in [2.75, 3.05) is 12.4 Å². The summed E-state index contributed by atoms with van der Waals surface area (Å²) < 4.78 is 24.8. The van der Waals surface area contributed by atoms with Crippen LogP contribution in [0.5, 0.6) is 0 Å². The standard InChI is InChI=1S/C11H14BrClO3S/c1-11(2,6-14)7-17(15,16)8-3-4-9(12)10(13)5-8/h3-5,14H,6-7H2,1-2H3. The van der Waals surface area contributed by atoms with Gasteiger partial charge in [0.25, 0.3) is 0 Å². The Kier molecular flexibility index (Phi) is 4.63. The van der Waals surface area contributed by atoms with Gasteiger partial charge in [-0.3, -0.25) is 0 Å². The third kappa shape index (κ3) is 3.95. The van der Waals surface area contributed by atoms with Gasteiger partial charge in [0, 0.05) is 16.5 Å². The van der Waals surface area contributed by atoms with E-state index >= 15 is 0 Å². The fourth-order valence-corrected chi connectivity index (χ4v) is 3.67. The summed E-state index contributed by atoms with van der Waals surface area (Å²) in [7, 11) is -3.43. The van der Waals surface area contributed by atoms with Crippen molar-refractivity contribution in [2.24, 2.45) is 5.41 Å². The van der Waals surface area contributed by atoms with E-state index in [9.17, 15) is 8.42 Å². The summed E-state index contributed by atoms with van der Waals surface area (Å²) in [6.45, 7) is 3.21. The number of halogens is 2. The molecule has 0 spiro atoms. The average Bonchev–Trinajstić information content (AvgIpc) is 2.20. The molecule has 0 fully saturated rings. The topological polar surface area (TPSA) is 54.4 Å². The van der Waals surface area contributed by atoms with Gasteiger partial charge in [-0.25, -0.2) is 8.42 Å². The molecule has 1 rings (SSSR count). The summed E-state index contributed by atoms with van der Waals surface area (Å²) in [5.74, 6) is -0.117. The van der Waals surface area contributed by atoms with Crippen LogP contribution in [-0.2, 0) is 9.84 Å². The maximum atomic E-state index is 12.1. The molecule has 0 amide bonds. The van der Waals surface area contributed by atoms with Crippen molar-refractivity contribution in [3.05, 3.63) is 27.7 Å². The van der Waals surface area contributed by atoms with Crippen molar-refractivity contribution >= 4 is 37.4 Å². The van der Waals surface area contributed by atoms with Crippen molar-refractivity contribution in [3.8, 4) is 0 Å². The monoisotopic (exact) mass is 340 g/mol. The largest absolute Gasteiger partial charge is 0.396 e.